The summed E-state index contributed by atoms with van der Waals surface area (Å²) in [6.45, 7) is 0. The Morgan fingerprint density at radius 2 is 1.56 bits per heavy atom. The van der Waals surface area contributed by atoms with Crippen molar-refractivity contribution in [3.8, 4) is 0 Å². The van der Waals surface area contributed by atoms with Gasteiger partial charge < -0.3 is 10.4 Å². The molecule has 3 rings (SSSR count). The molecule has 3 aromatic rings. The van der Waals surface area contributed by atoms with Crippen LogP contribution in [0.4, 0.5) is 5.69 Å². The van der Waals surface area contributed by atoms with E-state index in [4.69, 9.17) is 46.4 Å². The Hall–Kier alpha value is -2.56. The van der Waals surface area contributed by atoms with Crippen molar-refractivity contribution in [2.75, 3.05) is 4.72 Å². The lowest BCUT2D eigenvalue weighted by Crippen LogP contribution is -2.30. The summed E-state index contributed by atoms with van der Waals surface area (Å²) >= 11 is 23.9. The summed E-state index contributed by atoms with van der Waals surface area (Å²) in [5, 5.41) is 12.1. The third-order valence-corrected chi connectivity index (χ3v) is 7.18. The van der Waals surface area contributed by atoms with Gasteiger partial charge in [0.25, 0.3) is 15.9 Å². The molecule has 0 saturated carbocycles. The molecule has 8 nitrogen and oxygen atoms in total. The van der Waals surface area contributed by atoms with Crippen molar-refractivity contribution < 1.29 is 23.1 Å². The Morgan fingerprint density at radius 1 is 0.941 bits per heavy atom. The quantitative estimate of drug-likeness (QED) is 0.335. The Labute approximate surface area is 214 Å². The highest BCUT2D eigenvalue weighted by Crippen LogP contribution is 2.28. The van der Waals surface area contributed by atoms with Crippen LogP contribution in [0.1, 0.15) is 28.4 Å². The molecule has 1 amide bonds. The molecule has 1 heterocycles. The van der Waals surface area contributed by atoms with E-state index in [0.717, 1.165) is 0 Å². The standard InChI is InChI=1S/C21H15Cl4N3O5S/c22-12-3-6-14(23)18(7-12)34(32,33)28-13-4-1-11(2-5-13)17(8-19(29)30)27-21(31)20-15(24)9-26-10-16(20)25/h1-7,9-10,17,28H,8H2,(H,27,31)(H,29,30). The van der Waals surface area contributed by atoms with Crippen LogP contribution in [0.25, 0.3) is 0 Å². The van der Waals surface area contributed by atoms with Gasteiger partial charge in [-0.1, -0.05) is 58.5 Å². The molecule has 0 aliphatic carbocycles. The third kappa shape index (κ3) is 6.31. The molecule has 1 aromatic heterocycles. The van der Waals surface area contributed by atoms with Crippen molar-refractivity contribution in [3.05, 3.63) is 86.1 Å². The largest absolute Gasteiger partial charge is 0.481 e. The molecule has 3 N–H and O–H groups in total. The highest BCUT2D eigenvalue weighted by Gasteiger charge is 2.23. The molecule has 34 heavy (non-hydrogen) atoms. The number of aromatic nitrogens is 1. The van der Waals surface area contributed by atoms with E-state index in [1.807, 2.05) is 0 Å². The number of carboxylic acids is 1. The number of hydrogen-bond acceptors (Lipinski definition) is 5. The minimum atomic E-state index is -4.05. The van der Waals surface area contributed by atoms with Gasteiger partial charge in [-0.05, 0) is 35.9 Å². The van der Waals surface area contributed by atoms with Crippen molar-refractivity contribution in [2.45, 2.75) is 17.4 Å². The van der Waals surface area contributed by atoms with Gasteiger partial charge in [-0.25, -0.2) is 8.42 Å². The number of rotatable bonds is 8. The summed E-state index contributed by atoms with van der Waals surface area (Å²) in [6, 6.07) is 8.86. The van der Waals surface area contributed by atoms with Crippen molar-refractivity contribution in [1.29, 1.82) is 0 Å². The smallest absolute Gasteiger partial charge is 0.305 e. The van der Waals surface area contributed by atoms with Gasteiger partial charge in [0, 0.05) is 23.1 Å². The molecule has 0 saturated heterocycles. The van der Waals surface area contributed by atoms with E-state index in [-0.39, 0.29) is 36.2 Å². The highest BCUT2D eigenvalue weighted by atomic mass is 35.5. The molecular formula is C21H15Cl4N3O5S. The van der Waals surface area contributed by atoms with Gasteiger partial charge >= 0.3 is 5.97 Å². The van der Waals surface area contributed by atoms with E-state index in [1.54, 1.807) is 0 Å². The first-order valence-electron chi connectivity index (χ1n) is 9.37. The zero-order chi connectivity index (χ0) is 25.0. The summed E-state index contributed by atoms with van der Waals surface area (Å²) in [5.74, 6) is -1.86. The molecule has 1 atom stereocenters. The van der Waals surface area contributed by atoms with E-state index in [2.05, 4.69) is 15.0 Å². The number of sulfonamides is 1. The number of halogens is 4. The van der Waals surface area contributed by atoms with E-state index in [1.165, 1.54) is 54.9 Å². The fourth-order valence-electron chi connectivity index (χ4n) is 2.96. The molecule has 0 aliphatic rings. The number of carbonyl (C=O) groups excluding carboxylic acids is 1. The first-order valence-corrected chi connectivity index (χ1v) is 12.4. The SMILES string of the molecule is O=C(O)CC(NC(=O)c1c(Cl)cncc1Cl)c1ccc(NS(=O)(=O)c2cc(Cl)ccc2Cl)cc1. The van der Waals surface area contributed by atoms with Crippen LogP contribution in [-0.4, -0.2) is 30.4 Å². The molecule has 0 radical (unpaired) electrons. The number of pyridine rings is 1. The van der Waals surface area contributed by atoms with Crippen molar-refractivity contribution in [1.82, 2.24) is 10.3 Å². The number of amides is 1. The molecule has 0 aliphatic heterocycles. The zero-order valence-corrected chi connectivity index (χ0v) is 20.8. The number of carbonyl (C=O) groups is 2. The molecule has 0 spiro atoms. The monoisotopic (exact) mass is 561 g/mol. The molecule has 0 fully saturated rings. The van der Waals surface area contributed by atoms with Gasteiger partial charge in [0.15, 0.2) is 0 Å². The molecular weight excluding hydrogens is 548 g/mol. The maximum atomic E-state index is 12.7. The zero-order valence-electron chi connectivity index (χ0n) is 16.9. The number of nitrogens with one attached hydrogen (secondary N) is 2. The Balaban J connectivity index is 1.84. The summed E-state index contributed by atoms with van der Waals surface area (Å²) < 4.78 is 27.7. The minimum Gasteiger partial charge on any atom is -0.481 e. The van der Waals surface area contributed by atoms with E-state index in [0.29, 0.717) is 5.56 Å². The average Bonchev–Trinajstić information content (AvgIpc) is 2.75. The number of anilines is 1. The number of aliphatic carboxylic acids is 1. The number of carboxylic acid groups (broad SMARTS) is 1. The van der Waals surface area contributed by atoms with Gasteiger partial charge in [0.05, 0.1) is 33.1 Å². The van der Waals surface area contributed by atoms with Crippen LogP contribution in [0.3, 0.4) is 0 Å². The summed E-state index contributed by atoms with van der Waals surface area (Å²) in [6.07, 6.45) is 2.03. The third-order valence-electron chi connectivity index (χ3n) is 4.51. The number of hydrogen-bond donors (Lipinski definition) is 3. The van der Waals surface area contributed by atoms with Crippen molar-refractivity contribution >= 4 is 74.0 Å². The predicted molar refractivity (Wildman–Crippen MR) is 130 cm³/mol. The summed E-state index contributed by atoms with van der Waals surface area (Å²) in [5.41, 5.74) is 0.540. The van der Waals surface area contributed by atoms with Crippen molar-refractivity contribution in [3.63, 3.8) is 0 Å². The van der Waals surface area contributed by atoms with Crippen molar-refractivity contribution in [2.24, 2.45) is 0 Å². The van der Waals surface area contributed by atoms with Gasteiger partial charge in [0.1, 0.15) is 4.90 Å². The highest BCUT2D eigenvalue weighted by molar-refractivity contribution is 7.92. The second-order valence-corrected chi connectivity index (χ2v) is 10.2. The topological polar surface area (TPSA) is 125 Å². The van der Waals surface area contributed by atoms with Gasteiger partial charge in [0.2, 0.25) is 0 Å². The molecule has 2 aromatic carbocycles. The molecule has 0 bridgehead atoms. The van der Waals surface area contributed by atoms with E-state index < -0.39 is 34.4 Å². The van der Waals surface area contributed by atoms with Gasteiger partial charge in [-0.15, -0.1) is 0 Å². The van der Waals surface area contributed by atoms with Crippen LogP contribution in [-0.2, 0) is 14.8 Å². The maximum absolute atomic E-state index is 12.7. The van der Waals surface area contributed by atoms with Gasteiger partial charge in [-0.3, -0.25) is 19.3 Å². The van der Waals surface area contributed by atoms with Crippen LogP contribution in [0.5, 0.6) is 0 Å². The lowest BCUT2D eigenvalue weighted by molar-refractivity contribution is -0.137. The Kier molecular flexibility index (Phi) is 8.27. The lowest BCUT2D eigenvalue weighted by Gasteiger charge is -2.19. The van der Waals surface area contributed by atoms with E-state index >= 15 is 0 Å². The second-order valence-electron chi connectivity index (χ2n) is 6.90. The summed E-state index contributed by atoms with van der Waals surface area (Å²) in [4.78, 5) is 27.7. The molecule has 13 heteroatoms. The van der Waals surface area contributed by atoms with E-state index in [9.17, 15) is 23.1 Å². The molecule has 178 valence electrons. The lowest BCUT2D eigenvalue weighted by atomic mass is 10.0. The fourth-order valence-corrected chi connectivity index (χ4v) is 5.32. The normalized spacial score (nSPS) is 12.1. The minimum absolute atomic E-state index is 0.00325. The fraction of sp³-hybridized carbons (Fsp3) is 0.0952. The first-order chi connectivity index (χ1) is 16.0. The van der Waals surface area contributed by atoms with Crippen LogP contribution in [0, 0.1) is 0 Å². The van der Waals surface area contributed by atoms with Crippen LogP contribution >= 0.6 is 46.4 Å². The first kappa shape index (κ1) is 26.1. The van der Waals surface area contributed by atoms with Crippen LogP contribution in [0.2, 0.25) is 20.1 Å². The second kappa shape index (κ2) is 10.8. The van der Waals surface area contributed by atoms with Gasteiger partial charge in [-0.2, -0.15) is 0 Å². The van der Waals surface area contributed by atoms with Crippen LogP contribution in [0.15, 0.2) is 59.8 Å². The average molecular weight is 563 g/mol. The Morgan fingerprint density at radius 3 is 2.15 bits per heavy atom. The Bertz CT molecular complexity index is 1330. The maximum Gasteiger partial charge on any atom is 0.305 e. The summed E-state index contributed by atoms with van der Waals surface area (Å²) in [7, 11) is -4.05. The predicted octanol–water partition coefficient (Wildman–Crippen LogP) is 5.44. The van der Waals surface area contributed by atoms with Crippen LogP contribution < -0.4 is 10.0 Å². The molecule has 1 unspecified atom stereocenters. The number of nitrogens with zero attached hydrogens (tertiary/aromatic N) is 1. The number of benzene rings is 2.